The topological polar surface area (TPSA) is 130 Å². The van der Waals surface area contributed by atoms with E-state index in [1.165, 1.54) is 12.0 Å². The molecule has 0 aromatic rings. The number of methoxy groups -OCH3 is 1. The number of likely N-dealkylation sites (tertiary alicyclic amines) is 1. The smallest absolute Gasteiger partial charge is 0.311 e. The zero-order valence-corrected chi connectivity index (χ0v) is 21.7. The van der Waals surface area contributed by atoms with E-state index in [4.69, 9.17) is 4.74 Å². The fourth-order valence-corrected chi connectivity index (χ4v) is 3.58. The first-order valence-corrected chi connectivity index (χ1v) is 11.9. The number of piperidine rings is 1. The summed E-state index contributed by atoms with van der Waals surface area (Å²) >= 11 is 0. The zero-order chi connectivity index (χ0) is 25.5. The first-order valence-electron chi connectivity index (χ1n) is 10.6. The number of likely N-dealkylation sites (N-methyl/N-ethyl adjacent to an activating group) is 1. The average Bonchev–Trinajstić information content (AvgIpc) is 2.69. The Labute approximate surface area is 192 Å². The zero-order valence-electron chi connectivity index (χ0n) is 20.9. The van der Waals surface area contributed by atoms with Crippen LogP contribution in [0.2, 0.25) is 0 Å². The summed E-state index contributed by atoms with van der Waals surface area (Å²) in [5.41, 5.74) is -1.22. The Morgan fingerprint density at radius 1 is 1.28 bits per heavy atom. The van der Waals surface area contributed by atoms with E-state index in [0.29, 0.717) is 36.7 Å². The second kappa shape index (κ2) is 11.5. The van der Waals surface area contributed by atoms with E-state index in [1.54, 1.807) is 0 Å². The molecule has 0 saturated carbocycles. The minimum Gasteiger partial charge on any atom is -0.726 e. The van der Waals surface area contributed by atoms with Crippen LogP contribution < -0.4 is 0 Å². The number of rotatable bonds is 9. The maximum absolute atomic E-state index is 13.1. The van der Waals surface area contributed by atoms with Gasteiger partial charge in [-0.25, -0.2) is 8.42 Å². The number of hydrogen-bond donors (Lipinski definition) is 0. The lowest BCUT2D eigenvalue weighted by Crippen LogP contribution is -2.56. The van der Waals surface area contributed by atoms with Crippen LogP contribution in [0.5, 0.6) is 0 Å². The molecule has 0 bridgehead atoms. The van der Waals surface area contributed by atoms with E-state index in [1.807, 2.05) is 48.8 Å². The van der Waals surface area contributed by atoms with Crippen molar-refractivity contribution in [3.05, 3.63) is 0 Å². The van der Waals surface area contributed by atoms with Gasteiger partial charge in [0.1, 0.15) is 0 Å². The van der Waals surface area contributed by atoms with Crippen LogP contribution in [-0.2, 0) is 33.7 Å². The normalized spacial score (nSPS) is 23.8. The van der Waals surface area contributed by atoms with Gasteiger partial charge in [0.05, 0.1) is 53.9 Å². The molecule has 0 radical (unpaired) electrons. The molecule has 0 aromatic heterocycles. The Bertz CT molecular complexity index is 777. The molecule has 11 heteroatoms. The maximum Gasteiger partial charge on any atom is 0.311 e. The molecule has 32 heavy (non-hydrogen) atoms. The molecule has 188 valence electrons. The molecule has 0 N–H and O–H groups in total. The number of quaternary nitrogens is 1. The van der Waals surface area contributed by atoms with Gasteiger partial charge in [0.15, 0.2) is 0 Å². The number of carbonyl (C=O) groups is 3. The highest BCUT2D eigenvalue weighted by atomic mass is 32.3. The molecule has 0 aliphatic carbocycles. The SMILES string of the molecule is CCC(C)(CCC1(C)CC(C)C(=O)N(CC[N+](C)(C)C)C1=O)C(=O)OC.COS(=O)(=O)[O-]. The van der Waals surface area contributed by atoms with Gasteiger partial charge in [-0.15, -0.1) is 0 Å². The van der Waals surface area contributed by atoms with E-state index < -0.39 is 21.2 Å². The molecule has 1 aliphatic heterocycles. The van der Waals surface area contributed by atoms with Crippen molar-refractivity contribution in [2.45, 2.75) is 53.4 Å². The molecule has 3 unspecified atom stereocenters. The lowest BCUT2D eigenvalue weighted by molar-refractivity contribution is -0.869. The number of ether oxygens (including phenoxy) is 1. The second-order valence-corrected chi connectivity index (χ2v) is 11.1. The fourth-order valence-electron chi connectivity index (χ4n) is 3.58. The predicted octanol–water partition coefficient (Wildman–Crippen LogP) is 1.56. The first kappa shape index (κ1) is 30.4. The van der Waals surface area contributed by atoms with Crippen molar-refractivity contribution in [3.8, 4) is 0 Å². The number of esters is 1. The Hall–Kier alpha value is -1.56. The van der Waals surface area contributed by atoms with E-state index in [2.05, 4.69) is 4.18 Å². The Morgan fingerprint density at radius 2 is 1.78 bits per heavy atom. The quantitative estimate of drug-likeness (QED) is 0.160. The van der Waals surface area contributed by atoms with E-state index >= 15 is 0 Å². The van der Waals surface area contributed by atoms with Crippen LogP contribution in [0.1, 0.15) is 53.4 Å². The summed E-state index contributed by atoms with van der Waals surface area (Å²) in [5, 5.41) is 0. The molecular formula is C21H40N2O8S. The summed E-state index contributed by atoms with van der Waals surface area (Å²) in [6.45, 7) is 8.83. The van der Waals surface area contributed by atoms with Crippen molar-refractivity contribution < 1.29 is 40.8 Å². The molecule has 10 nitrogen and oxygen atoms in total. The van der Waals surface area contributed by atoms with Gasteiger partial charge in [0.25, 0.3) is 0 Å². The minimum atomic E-state index is -4.41. The van der Waals surface area contributed by atoms with E-state index in [-0.39, 0.29) is 23.7 Å². The molecule has 2 amide bonds. The fraction of sp³-hybridized carbons (Fsp3) is 0.857. The highest BCUT2D eigenvalue weighted by Gasteiger charge is 2.48. The molecule has 0 aromatic carbocycles. The van der Waals surface area contributed by atoms with Crippen molar-refractivity contribution in [1.82, 2.24) is 4.90 Å². The number of imide groups is 1. The summed E-state index contributed by atoms with van der Waals surface area (Å²) in [6, 6.07) is 0. The predicted molar refractivity (Wildman–Crippen MR) is 118 cm³/mol. The third kappa shape index (κ3) is 9.13. The van der Waals surface area contributed by atoms with Crippen LogP contribution in [0.4, 0.5) is 0 Å². The van der Waals surface area contributed by atoms with Crippen molar-refractivity contribution in [1.29, 1.82) is 0 Å². The molecule has 1 rings (SSSR count). The number of nitrogens with zero attached hydrogens (tertiary/aromatic N) is 2. The van der Waals surface area contributed by atoms with Gasteiger partial charge >= 0.3 is 5.97 Å². The number of hydrogen-bond acceptors (Lipinski definition) is 8. The van der Waals surface area contributed by atoms with Crippen molar-refractivity contribution >= 4 is 28.2 Å². The van der Waals surface area contributed by atoms with E-state index in [9.17, 15) is 27.4 Å². The molecule has 1 fully saturated rings. The van der Waals surface area contributed by atoms with Crippen LogP contribution in [0.25, 0.3) is 0 Å². The highest BCUT2D eigenvalue weighted by Crippen LogP contribution is 2.42. The maximum atomic E-state index is 13.1. The van der Waals surface area contributed by atoms with Crippen LogP contribution >= 0.6 is 0 Å². The number of amides is 2. The Morgan fingerprint density at radius 3 is 2.16 bits per heavy atom. The van der Waals surface area contributed by atoms with Gasteiger partial charge in [-0.1, -0.05) is 20.8 Å². The molecule has 1 aliphatic rings. The molecule has 1 heterocycles. The molecule has 3 atom stereocenters. The summed E-state index contributed by atoms with van der Waals surface area (Å²) in [6.07, 6.45) is 2.34. The third-order valence-corrected chi connectivity index (χ3v) is 6.50. The monoisotopic (exact) mass is 480 g/mol. The first-order chi connectivity index (χ1) is 14.4. The largest absolute Gasteiger partial charge is 0.726 e. The lowest BCUT2D eigenvalue weighted by Gasteiger charge is -2.43. The summed E-state index contributed by atoms with van der Waals surface area (Å²) in [7, 11) is 3.93. The number of carbonyl (C=O) groups excluding carboxylic acids is 3. The summed E-state index contributed by atoms with van der Waals surface area (Å²) in [5.74, 6) is -0.599. The summed E-state index contributed by atoms with van der Waals surface area (Å²) in [4.78, 5) is 39.3. The van der Waals surface area contributed by atoms with E-state index in [0.717, 1.165) is 13.7 Å². The second-order valence-electron chi connectivity index (χ2n) is 9.96. The Balaban J connectivity index is 0.00000140. The van der Waals surface area contributed by atoms with Crippen LogP contribution in [0.3, 0.4) is 0 Å². The van der Waals surface area contributed by atoms with Gasteiger partial charge in [-0.3, -0.25) is 23.5 Å². The van der Waals surface area contributed by atoms with Gasteiger partial charge in [-0.05, 0) is 32.6 Å². The Kier molecular flexibility index (Phi) is 11.0. The lowest BCUT2D eigenvalue weighted by atomic mass is 9.69. The molecule has 0 spiro atoms. The molecular weight excluding hydrogens is 440 g/mol. The van der Waals surface area contributed by atoms with Crippen LogP contribution in [-0.4, -0.2) is 88.6 Å². The standard InChI is InChI=1S/C20H37N2O4.CH4O4S/c1-9-19(3,18(25)26-8)10-11-20(4)14-15(2)16(23)21(17(20)24)12-13-22(5,6)7;1-5-6(2,3)4/h15H,9-14H2,1-8H3;1H3,(H,2,3,4)/q+1;/p-1. The van der Waals surface area contributed by atoms with Crippen molar-refractivity contribution in [2.75, 3.05) is 48.5 Å². The summed E-state index contributed by atoms with van der Waals surface area (Å²) < 4.78 is 36.7. The third-order valence-electron chi connectivity index (χ3n) is 6.09. The minimum absolute atomic E-state index is 0.0767. The van der Waals surface area contributed by atoms with Gasteiger partial charge in [-0.2, -0.15) is 0 Å². The van der Waals surface area contributed by atoms with Gasteiger partial charge < -0.3 is 13.8 Å². The van der Waals surface area contributed by atoms with Gasteiger partial charge in [0.2, 0.25) is 22.2 Å². The van der Waals surface area contributed by atoms with Crippen molar-refractivity contribution in [3.63, 3.8) is 0 Å². The molecule has 1 saturated heterocycles. The average molecular weight is 481 g/mol. The van der Waals surface area contributed by atoms with Gasteiger partial charge in [0, 0.05) is 11.3 Å². The highest BCUT2D eigenvalue weighted by molar-refractivity contribution is 7.80. The van der Waals surface area contributed by atoms with Crippen LogP contribution in [0, 0.1) is 16.7 Å². The van der Waals surface area contributed by atoms with Crippen LogP contribution in [0.15, 0.2) is 0 Å². The van der Waals surface area contributed by atoms with Crippen molar-refractivity contribution in [2.24, 2.45) is 16.7 Å².